The Hall–Kier alpha value is -1.64. The average molecular weight is 316 g/mol. The summed E-state index contributed by atoms with van der Waals surface area (Å²) < 4.78 is 18.2. The fourth-order valence-corrected chi connectivity index (χ4v) is 3.40. The van der Waals surface area contributed by atoms with Crippen LogP contribution in [0.5, 0.6) is 0 Å². The van der Waals surface area contributed by atoms with Gasteiger partial charge in [-0.15, -0.1) is 0 Å². The molecular formula is C15H17BN2O5. The zero-order chi connectivity index (χ0) is 16.3. The van der Waals surface area contributed by atoms with Gasteiger partial charge in [-0.2, -0.15) is 0 Å². The van der Waals surface area contributed by atoms with Gasteiger partial charge in [-0.05, 0) is 25.7 Å². The number of hydrogen-bond acceptors (Lipinski definition) is 5. The zero-order valence-electron chi connectivity index (χ0n) is 13.0. The monoisotopic (exact) mass is 316 g/mol. The van der Waals surface area contributed by atoms with Gasteiger partial charge in [0, 0.05) is 12.2 Å². The number of amides is 1. The molecule has 0 spiro atoms. The third-order valence-electron chi connectivity index (χ3n) is 4.65. The molecule has 0 saturated carbocycles. The standard InChI is InChI=1S/C15H17BN2O5/c1-7-3-4-21-10-6-17-5-9(15-22-8(2)23-15)13(19)11(16)12(17)14(20)18(7)10/h5,7-8,10,15H,3-4,6H2,1-2H3/t7-,8?,10+,15?/m1/s1. The molecule has 2 saturated heterocycles. The number of aromatic nitrogens is 1. The highest BCUT2D eigenvalue weighted by Crippen LogP contribution is 2.31. The first-order valence-corrected chi connectivity index (χ1v) is 7.75. The predicted octanol–water partition coefficient (Wildman–Crippen LogP) is -0.376. The first kappa shape index (κ1) is 14.9. The number of carbonyl (C=O) groups is 1. The van der Waals surface area contributed by atoms with Gasteiger partial charge in [0.25, 0.3) is 5.91 Å². The van der Waals surface area contributed by atoms with Crippen molar-refractivity contribution in [1.82, 2.24) is 9.47 Å². The molecule has 1 aromatic rings. The SMILES string of the molecule is [B]c1c2n(cc(C3OC(C)O3)c1=O)C[C@@H]1OCC[C@@H](C)N1C2=O. The van der Waals surface area contributed by atoms with Crippen LogP contribution in [-0.4, -0.2) is 48.4 Å². The van der Waals surface area contributed by atoms with Gasteiger partial charge in [0.15, 0.2) is 24.2 Å². The molecule has 120 valence electrons. The molecule has 7 nitrogen and oxygen atoms in total. The number of rotatable bonds is 1. The van der Waals surface area contributed by atoms with Gasteiger partial charge >= 0.3 is 0 Å². The zero-order valence-corrected chi connectivity index (χ0v) is 13.0. The molecule has 2 atom stereocenters. The van der Waals surface area contributed by atoms with E-state index in [1.165, 1.54) is 0 Å². The largest absolute Gasteiger partial charge is 0.356 e. The minimum absolute atomic E-state index is 0.0586. The minimum Gasteiger partial charge on any atom is -0.356 e. The Morgan fingerprint density at radius 1 is 1.26 bits per heavy atom. The maximum absolute atomic E-state index is 12.8. The fourth-order valence-electron chi connectivity index (χ4n) is 3.40. The lowest BCUT2D eigenvalue weighted by Gasteiger charge is -2.45. The van der Waals surface area contributed by atoms with Crippen LogP contribution in [0.15, 0.2) is 11.0 Å². The normalized spacial score (nSPS) is 33.0. The second-order valence-electron chi connectivity index (χ2n) is 6.18. The number of pyridine rings is 1. The first-order valence-electron chi connectivity index (χ1n) is 7.75. The van der Waals surface area contributed by atoms with Crippen LogP contribution in [0.4, 0.5) is 0 Å². The molecule has 0 aliphatic carbocycles. The predicted molar refractivity (Wildman–Crippen MR) is 80.5 cm³/mol. The van der Waals surface area contributed by atoms with E-state index in [2.05, 4.69) is 0 Å². The summed E-state index contributed by atoms with van der Waals surface area (Å²) in [5.41, 5.74) is 0.0650. The summed E-state index contributed by atoms with van der Waals surface area (Å²) >= 11 is 0. The van der Waals surface area contributed by atoms with Crippen LogP contribution in [-0.2, 0) is 20.8 Å². The maximum atomic E-state index is 12.8. The third-order valence-corrected chi connectivity index (χ3v) is 4.65. The highest BCUT2D eigenvalue weighted by molar-refractivity contribution is 6.36. The number of hydrogen-bond donors (Lipinski definition) is 0. The third kappa shape index (κ3) is 2.16. The first-order chi connectivity index (χ1) is 11.0. The van der Waals surface area contributed by atoms with E-state index in [9.17, 15) is 9.59 Å². The smallest absolute Gasteiger partial charge is 0.272 e. The summed E-state index contributed by atoms with van der Waals surface area (Å²) in [7, 11) is 5.98. The Morgan fingerprint density at radius 3 is 2.70 bits per heavy atom. The molecule has 1 aromatic heterocycles. The van der Waals surface area contributed by atoms with E-state index in [-0.39, 0.29) is 35.6 Å². The molecule has 8 heteroatoms. The molecule has 2 fully saturated rings. The second kappa shape index (κ2) is 5.19. The Kier molecular flexibility index (Phi) is 3.37. The molecule has 4 rings (SSSR count). The molecule has 3 aliphatic heterocycles. The number of carbonyl (C=O) groups excluding carboxylic acids is 1. The van der Waals surface area contributed by atoms with Crippen molar-refractivity contribution in [3.8, 4) is 0 Å². The summed E-state index contributed by atoms with van der Waals surface area (Å²) in [5, 5.41) is 0. The Bertz CT molecular complexity index is 727. The van der Waals surface area contributed by atoms with E-state index >= 15 is 0 Å². The lowest BCUT2D eigenvalue weighted by molar-refractivity contribution is -0.383. The van der Waals surface area contributed by atoms with Gasteiger partial charge in [0.05, 0.1) is 18.7 Å². The fraction of sp³-hybridized carbons (Fsp3) is 0.600. The van der Waals surface area contributed by atoms with E-state index in [4.69, 9.17) is 22.1 Å². The van der Waals surface area contributed by atoms with E-state index < -0.39 is 11.7 Å². The van der Waals surface area contributed by atoms with Crippen molar-refractivity contribution in [2.75, 3.05) is 6.61 Å². The maximum Gasteiger partial charge on any atom is 0.272 e. The number of fused-ring (bicyclic) bond motifs is 2. The van der Waals surface area contributed by atoms with Gasteiger partial charge in [0.1, 0.15) is 13.5 Å². The summed E-state index contributed by atoms with van der Waals surface area (Å²) in [5.74, 6) is -0.265. The molecule has 3 aliphatic rings. The molecule has 0 bridgehead atoms. The summed E-state index contributed by atoms with van der Waals surface area (Å²) in [6.07, 6.45) is 0.961. The van der Waals surface area contributed by atoms with Crippen LogP contribution < -0.4 is 10.9 Å². The van der Waals surface area contributed by atoms with Gasteiger partial charge in [0.2, 0.25) is 0 Å². The molecular weight excluding hydrogens is 299 g/mol. The van der Waals surface area contributed by atoms with Gasteiger partial charge < -0.3 is 23.7 Å². The highest BCUT2D eigenvalue weighted by Gasteiger charge is 2.40. The quantitative estimate of drug-likeness (QED) is 0.661. The number of ether oxygens (including phenoxy) is 3. The van der Waals surface area contributed by atoms with Crippen molar-refractivity contribution < 1.29 is 19.0 Å². The van der Waals surface area contributed by atoms with Gasteiger partial charge in [-0.1, -0.05) is 0 Å². The molecule has 4 heterocycles. The van der Waals surface area contributed by atoms with Crippen molar-refractivity contribution in [2.45, 2.75) is 51.7 Å². The van der Waals surface area contributed by atoms with Gasteiger partial charge in [-0.25, -0.2) is 0 Å². The average Bonchev–Trinajstić information content (AvgIpc) is 2.47. The summed E-state index contributed by atoms with van der Waals surface area (Å²) in [6, 6.07) is 0.0586. The Balaban J connectivity index is 1.79. The van der Waals surface area contributed by atoms with Crippen LogP contribution in [0, 0.1) is 0 Å². The van der Waals surface area contributed by atoms with E-state index in [1.807, 2.05) is 6.92 Å². The van der Waals surface area contributed by atoms with E-state index in [1.54, 1.807) is 22.6 Å². The van der Waals surface area contributed by atoms with Crippen molar-refractivity contribution in [3.05, 3.63) is 27.7 Å². The summed E-state index contributed by atoms with van der Waals surface area (Å²) in [4.78, 5) is 26.9. The minimum atomic E-state index is -0.725. The highest BCUT2D eigenvalue weighted by atomic mass is 16.9. The van der Waals surface area contributed by atoms with Crippen molar-refractivity contribution in [3.63, 3.8) is 0 Å². The van der Waals surface area contributed by atoms with Crippen LogP contribution in [0.1, 0.15) is 42.6 Å². The van der Waals surface area contributed by atoms with Crippen LogP contribution >= 0.6 is 0 Å². The summed E-state index contributed by atoms with van der Waals surface area (Å²) in [6.45, 7) is 4.77. The van der Waals surface area contributed by atoms with Crippen LogP contribution in [0.25, 0.3) is 0 Å². The number of nitrogens with zero attached hydrogens (tertiary/aromatic N) is 2. The molecule has 23 heavy (non-hydrogen) atoms. The molecule has 2 radical (unpaired) electrons. The lowest BCUT2D eigenvalue weighted by atomic mass is 9.89. The molecule has 0 N–H and O–H groups in total. The molecule has 0 aromatic carbocycles. The van der Waals surface area contributed by atoms with Crippen molar-refractivity contribution in [2.24, 2.45) is 0 Å². The Morgan fingerprint density at radius 2 is 2.00 bits per heavy atom. The topological polar surface area (TPSA) is 70.0 Å². The van der Waals surface area contributed by atoms with Crippen molar-refractivity contribution in [1.29, 1.82) is 0 Å². The van der Waals surface area contributed by atoms with E-state index in [0.717, 1.165) is 6.42 Å². The Labute approximate surface area is 134 Å². The van der Waals surface area contributed by atoms with Crippen molar-refractivity contribution >= 4 is 19.2 Å². The molecule has 1 amide bonds. The van der Waals surface area contributed by atoms with Gasteiger partial charge in [-0.3, -0.25) is 9.59 Å². The molecule has 0 unspecified atom stereocenters. The van der Waals surface area contributed by atoms with Crippen LogP contribution in [0.2, 0.25) is 0 Å². The second-order valence-corrected chi connectivity index (χ2v) is 6.18. The van der Waals surface area contributed by atoms with Crippen LogP contribution in [0.3, 0.4) is 0 Å². The lowest BCUT2D eigenvalue weighted by Crippen LogP contribution is -2.59. The van der Waals surface area contributed by atoms with E-state index in [0.29, 0.717) is 18.7 Å².